The molecule has 0 unspecified atom stereocenters. The second kappa shape index (κ2) is 20.3. The number of esters is 2. The highest BCUT2D eigenvalue weighted by molar-refractivity contribution is 5.85. The zero-order valence-corrected chi connectivity index (χ0v) is 18.0. The minimum atomic E-state index is -0.824. The Morgan fingerprint density at radius 1 is 0.536 bits per heavy atom. The lowest BCUT2D eigenvalue weighted by Gasteiger charge is -2.04. The number of carboxylic acids is 1. The Bertz CT molecular complexity index is 406. The fourth-order valence-electron chi connectivity index (χ4n) is 3.24. The zero-order chi connectivity index (χ0) is 20.9. The smallest absolute Gasteiger partial charge is 0.313 e. The van der Waals surface area contributed by atoms with E-state index in [1.807, 2.05) is 0 Å². The third kappa shape index (κ3) is 20.9. The van der Waals surface area contributed by atoms with Crippen molar-refractivity contribution in [2.45, 2.75) is 129 Å². The molecule has 0 aromatic heterocycles. The van der Waals surface area contributed by atoms with Crippen LogP contribution < -0.4 is 0 Å². The van der Waals surface area contributed by atoms with E-state index >= 15 is 0 Å². The number of carbonyl (C=O) groups excluding carboxylic acids is 2. The van der Waals surface area contributed by atoms with Gasteiger partial charge in [0.15, 0.2) is 0 Å². The van der Waals surface area contributed by atoms with Gasteiger partial charge in [-0.3, -0.25) is 14.4 Å². The summed E-state index contributed by atoms with van der Waals surface area (Å²) in [5.74, 6) is -1.75. The predicted octanol–water partition coefficient (Wildman–Crippen LogP) is 6.57. The van der Waals surface area contributed by atoms with Crippen molar-refractivity contribution in [1.29, 1.82) is 0 Å². The molecule has 0 saturated heterocycles. The summed E-state index contributed by atoms with van der Waals surface area (Å²) in [5, 5.41) is 8.52. The third-order valence-corrected chi connectivity index (χ3v) is 4.98. The van der Waals surface area contributed by atoms with Gasteiger partial charge in [0.2, 0.25) is 0 Å². The molecule has 0 saturated carbocycles. The molecule has 0 heterocycles. The maximum Gasteiger partial charge on any atom is 0.313 e. The van der Waals surface area contributed by atoms with Gasteiger partial charge in [0.25, 0.3) is 0 Å². The van der Waals surface area contributed by atoms with E-state index in [-0.39, 0.29) is 12.8 Å². The lowest BCUT2D eigenvalue weighted by molar-refractivity contribution is -0.159. The summed E-state index contributed by atoms with van der Waals surface area (Å²) in [6.45, 7) is 2.25. The van der Waals surface area contributed by atoms with Gasteiger partial charge in [-0.1, -0.05) is 90.4 Å². The van der Waals surface area contributed by atoms with E-state index in [4.69, 9.17) is 9.84 Å². The van der Waals surface area contributed by atoms with Crippen molar-refractivity contribution >= 4 is 17.9 Å². The first-order valence-electron chi connectivity index (χ1n) is 11.5. The molecule has 5 nitrogen and oxygen atoms in total. The lowest BCUT2D eigenvalue weighted by Crippen LogP contribution is -2.11. The molecule has 0 bridgehead atoms. The summed E-state index contributed by atoms with van der Waals surface area (Å²) in [7, 11) is 0. The topological polar surface area (TPSA) is 80.7 Å². The van der Waals surface area contributed by atoms with Crippen LogP contribution in [0.15, 0.2) is 0 Å². The lowest BCUT2D eigenvalue weighted by atomic mass is 10.0. The average molecular weight is 399 g/mol. The minimum Gasteiger partial charge on any atom is -0.481 e. The average Bonchev–Trinajstić information content (AvgIpc) is 2.65. The number of rotatable bonds is 20. The predicted molar refractivity (Wildman–Crippen MR) is 112 cm³/mol. The molecule has 0 amide bonds. The van der Waals surface area contributed by atoms with Crippen LogP contribution in [0.3, 0.4) is 0 Å². The van der Waals surface area contributed by atoms with Gasteiger partial charge in [-0.2, -0.15) is 0 Å². The van der Waals surface area contributed by atoms with Crippen LogP contribution in [0.25, 0.3) is 0 Å². The van der Waals surface area contributed by atoms with Crippen LogP contribution in [0.4, 0.5) is 0 Å². The highest BCUT2D eigenvalue weighted by Crippen LogP contribution is 2.13. The maximum absolute atomic E-state index is 11.6. The van der Waals surface area contributed by atoms with E-state index in [9.17, 15) is 14.4 Å². The Morgan fingerprint density at radius 3 is 1.25 bits per heavy atom. The molecule has 28 heavy (non-hydrogen) atoms. The first-order chi connectivity index (χ1) is 13.6. The normalized spacial score (nSPS) is 10.8. The molecule has 0 aromatic carbocycles. The van der Waals surface area contributed by atoms with Gasteiger partial charge in [-0.25, -0.2) is 0 Å². The van der Waals surface area contributed by atoms with E-state index in [1.165, 1.54) is 64.2 Å². The standard InChI is InChI=1S/C23H42O5/c1-2-3-4-5-6-7-8-9-10-11-12-13-16-19-22(26)28-23(27)20-17-14-15-18-21(24)25/h2-20H2,1H3,(H,24,25). The number of carboxylic acid groups (broad SMARTS) is 1. The zero-order valence-electron chi connectivity index (χ0n) is 18.0. The van der Waals surface area contributed by atoms with E-state index < -0.39 is 17.9 Å². The second-order valence-electron chi connectivity index (χ2n) is 7.79. The molecule has 0 atom stereocenters. The van der Waals surface area contributed by atoms with E-state index in [1.54, 1.807) is 0 Å². The van der Waals surface area contributed by atoms with Gasteiger partial charge in [-0.15, -0.1) is 0 Å². The van der Waals surface area contributed by atoms with Gasteiger partial charge < -0.3 is 9.84 Å². The van der Waals surface area contributed by atoms with Gasteiger partial charge in [0.05, 0.1) is 0 Å². The molecule has 0 radical (unpaired) electrons. The number of hydrogen-bond acceptors (Lipinski definition) is 4. The van der Waals surface area contributed by atoms with Gasteiger partial charge >= 0.3 is 17.9 Å². The second-order valence-corrected chi connectivity index (χ2v) is 7.79. The summed E-state index contributed by atoms with van der Waals surface area (Å²) in [6.07, 6.45) is 18.7. The molecule has 0 fully saturated rings. The Hall–Kier alpha value is -1.39. The Balaban J connectivity index is 3.32. The van der Waals surface area contributed by atoms with E-state index in [2.05, 4.69) is 6.92 Å². The number of ether oxygens (including phenoxy) is 1. The van der Waals surface area contributed by atoms with Crippen molar-refractivity contribution in [3.8, 4) is 0 Å². The summed E-state index contributed by atoms with van der Waals surface area (Å²) in [5.41, 5.74) is 0. The quantitative estimate of drug-likeness (QED) is 0.142. The van der Waals surface area contributed by atoms with E-state index in [0.717, 1.165) is 19.3 Å². The van der Waals surface area contributed by atoms with Gasteiger partial charge in [0.1, 0.15) is 0 Å². The van der Waals surface area contributed by atoms with Crippen LogP contribution >= 0.6 is 0 Å². The van der Waals surface area contributed by atoms with Gasteiger partial charge in [-0.05, 0) is 19.3 Å². The van der Waals surface area contributed by atoms with Crippen molar-refractivity contribution in [3.05, 3.63) is 0 Å². The number of carbonyl (C=O) groups is 3. The molecule has 164 valence electrons. The number of aliphatic carboxylic acids is 1. The van der Waals surface area contributed by atoms with Crippen molar-refractivity contribution in [2.24, 2.45) is 0 Å². The Kier molecular flexibility index (Phi) is 19.3. The first kappa shape index (κ1) is 26.6. The fourth-order valence-corrected chi connectivity index (χ4v) is 3.24. The first-order valence-corrected chi connectivity index (χ1v) is 11.5. The third-order valence-electron chi connectivity index (χ3n) is 4.98. The molecule has 0 aliphatic rings. The SMILES string of the molecule is CCCCCCCCCCCCCCCC(=O)OC(=O)CCCCCC(=O)O. The highest BCUT2D eigenvalue weighted by atomic mass is 16.6. The van der Waals surface area contributed by atoms with Crippen LogP contribution in [0, 0.1) is 0 Å². The van der Waals surface area contributed by atoms with Crippen LogP contribution in [0.5, 0.6) is 0 Å². The number of hydrogen-bond donors (Lipinski definition) is 1. The summed E-state index contributed by atoms with van der Waals surface area (Å²) in [4.78, 5) is 33.5. The van der Waals surface area contributed by atoms with Crippen LogP contribution in [-0.4, -0.2) is 23.0 Å². The van der Waals surface area contributed by atoms with Crippen molar-refractivity contribution in [1.82, 2.24) is 0 Å². The molecule has 0 aliphatic carbocycles. The monoisotopic (exact) mass is 398 g/mol. The van der Waals surface area contributed by atoms with E-state index in [0.29, 0.717) is 25.7 Å². The molecule has 1 N–H and O–H groups in total. The molecule has 5 heteroatoms. The molecular weight excluding hydrogens is 356 g/mol. The van der Waals surface area contributed by atoms with Crippen molar-refractivity contribution in [2.75, 3.05) is 0 Å². The Labute approximate surface area is 171 Å². The van der Waals surface area contributed by atoms with Gasteiger partial charge in [0, 0.05) is 19.3 Å². The largest absolute Gasteiger partial charge is 0.481 e. The molecular formula is C23H42O5. The fraction of sp³-hybridized carbons (Fsp3) is 0.870. The summed E-state index contributed by atoms with van der Waals surface area (Å²) < 4.78 is 4.79. The minimum absolute atomic E-state index is 0.118. The highest BCUT2D eigenvalue weighted by Gasteiger charge is 2.10. The van der Waals surface area contributed by atoms with Crippen molar-refractivity contribution < 1.29 is 24.2 Å². The Morgan fingerprint density at radius 2 is 0.857 bits per heavy atom. The summed E-state index contributed by atoms with van der Waals surface area (Å²) >= 11 is 0. The molecule has 0 aliphatic heterocycles. The van der Waals surface area contributed by atoms with Crippen molar-refractivity contribution in [3.63, 3.8) is 0 Å². The molecule has 0 aromatic rings. The van der Waals surface area contributed by atoms with Crippen LogP contribution in [-0.2, 0) is 19.1 Å². The molecule has 0 rings (SSSR count). The summed E-state index contributed by atoms with van der Waals surface area (Å²) in [6, 6.07) is 0. The number of unbranched alkanes of at least 4 members (excludes halogenated alkanes) is 14. The van der Waals surface area contributed by atoms with Crippen LogP contribution in [0.1, 0.15) is 129 Å². The van der Waals surface area contributed by atoms with Crippen LogP contribution in [0.2, 0.25) is 0 Å². The maximum atomic E-state index is 11.6. The molecule has 0 spiro atoms.